The summed E-state index contributed by atoms with van der Waals surface area (Å²) >= 11 is 3.24. The summed E-state index contributed by atoms with van der Waals surface area (Å²) in [4.78, 5) is 23.5. The number of halogens is 1. The number of nitrogens with two attached hydrogens (primary N) is 1. The molecule has 0 aromatic heterocycles. The van der Waals surface area contributed by atoms with Crippen molar-refractivity contribution < 1.29 is 14.3 Å². The Morgan fingerprint density at radius 1 is 1.26 bits per heavy atom. The Hall–Kier alpha value is -1.56. The molecule has 19 heavy (non-hydrogen) atoms. The van der Waals surface area contributed by atoms with Crippen LogP contribution in [0.5, 0.6) is 0 Å². The molecule has 1 aromatic rings. The molecule has 0 saturated heterocycles. The highest BCUT2D eigenvalue weighted by atomic mass is 79.9. The maximum absolute atomic E-state index is 11.9. The fraction of sp³-hybridized carbons (Fsp3) is 0.385. The fourth-order valence-electron chi connectivity index (χ4n) is 1.41. The number of esters is 1. The Balaban J connectivity index is 2.71. The van der Waals surface area contributed by atoms with Gasteiger partial charge in [0.05, 0.1) is 5.56 Å². The molecule has 5 nitrogen and oxygen atoms in total. The molecular formula is C13H17BrN2O3. The molecule has 0 spiro atoms. The molecule has 6 heteroatoms. The van der Waals surface area contributed by atoms with Gasteiger partial charge in [0.15, 0.2) is 6.10 Å². The van der Waals surface area contributed by atoms with E-state index in [2.05, 4.69) is 21.2 Å². The minimum atomic E-state index is -0.852. The topological polar surface area (TPSA) is 81.4 Å². The molecule has 0 fully saturated rings. The van der Waals surface area contributed by atoms with E-state index in [9.17, 15) is 9.59 Å². The van der Waals surface area contributed by atoms with Crippen LogP contribution in [0.4, 0.5) is 5.69 Å². The number of rotatable bonds is 4. The van der Waals surface area contributed by atoms with Crippen molar-refractivity contribution in [3.63, 3.8) is 0 Å². The standard InChI is InChI=1S/C13H17BrN2O3/c1-7(2)16-12(17)8(3)19-13(18)9-4-10(14)6-11(15)5-9/h4-8H,15H2,1-3H3,(H,16,17). The van der Waals surface area contributed by atoms with E-state index in [0.29, 0.717) is 15.7 Å². The number of hydrogen-bond acceptors (Lipinski definition) is 4. The lowest BCUT2D eigenvalue weighted by molar-refractivity contribution is -0.129. The van der Waals surface area contributed by atoms with Crippen LogP contribution >= 0.6 is 15.9 Å². The number of ether oxygens (including phenoxy) is 1. The largest absolute Gasteiger partial charge is 0.449 e. The average Bonchev–Trinajstić information content (AvgIpc) is 2.26. The molecule has 104 valence electrons. The summed E-state index contributed by atoms with van der Waals surface area (Å²) < 4.78 is 5.76. The van der Waals surface area contributed by atoms with Gasteiger partial charge in [0.2, 0.25) is 0 Å². The van der Waals surface area contributed by atoms with Gasteiger partial charge in [-0.2, -0.15) is 0 Å². The summed E-state index contributed by atoms with van der Waals surface area (Å²) in [5.41, 5.74) is 6.38. The number of carbonyl (C=O) groups excluding carboxylic acids is 2. The van der Waals surface area contributed by atoms with Gasteiger partial charge in [-0.25, -0.2) is 4.79 Å². The Morgan fingerprint density at radius 3 is 2.42 bits per heavy atom. The lowest BCUT2D eigenvalue weighted by atomic mass is 10.2. The molecule has 1 unspecified atom stereocenters. The molecule has 0 radical (unpaired) electrons. The number of amides is 1. The summed E-state index contributed by atoms with van der Waals surface area (Å²) in [6.07, 6.45) is -0.852. The summed E-state index contributed by atoms with van der Waals surface area (Å²) in [7, 11) is 0. The molecule has 3 N–H and O–H groups in total. The van der Waals surface area contributed by atoms with Crippen LogP contribution in [0.25, 0.3) is 0 Å². The zero-order chi connectivity index (χ0) is 14.6. The van der Waals surface area contributed by atoms with Gasteiger partial charge >= 0.3 is 5.97 Å². The number of hydrogen-bond donors (Lipinski definition) is 2. The van der Waals surface area contributed by atoms with Crippen LogP contribution in [0.1, 0.15) is 31.1 Å². The van der Waals surface area contributed by atoms with Gasteiger partial charge in [0, 0.05) is 16.2 Å². The van der Waals surface area contributed by atoms with Crippen molar-refractivity contribution in [3.05, 3.63) is 28.2 Å². The SMILES string of the molecule is CC(C)NC(=O)C(C)OC(=O)c1cc(N)cc(Br)c1. The van der Waals surface area contributed by atoms with Crippen LogP contribution in [0, 0.1) is 0 Å². The predicted octanol–water partition coefficient (Wildman–Crippen LogP) is 2.10. The molecular weight excluding hydrogens is 312 g/mol. The first-order valence-corrected chi connectivity index (χ1v) is 6.66. The van der Waals surface area contributed by atoms with Gasteiger partial charge in [0.1, 0.15) is 0 Å². The zero-order valence-corrected chi connectivity index (χ0v) is 12.7. The average molecular weight is 329 g/mol. The van der Waals surface area contributed by atoms with E-state index in [1.54, 1.807) is 12.1 Å². The third-order valence-electron chi connectivity index (χ3n) is 2.24. The van der Waals surface area contributed by atoms with E-state index < -0.39 is 12.1 Å². The van der Waals surface area contributed by atoms with Crippen LogP contribution in [-0.4, -0.2) is 24.0 Å². The molecule has 0 saturated carbocycles. The van der Waals surface area contributed by atoms with Crippen molar-refractivity contribution in [2.75, 3.05) is 5.73 Å². The second-order valence-corrected chi connectivity index (χ2v) is 5.40. The molecule has 1 amide bonds. The Labute approximate surface area is 120 Å². The monoisotopic (exact) mass is 328 g/mol. The van der Waals surface area contributed by atoms with E-state index >= 15 is 0 Å². The second-order valence-electron chi connectivity index (χ2n) is 4.48. The van der Waals surface area contributed by atoms with Crippen LogP contribution in [0.2, 0.25) is 0 Å². The Kier molecular flexibility index (Phi) is 5.35. The van der Waals surface area contributed by atoms with Gasteiger partial charge in [-0.1, -0.05) is 15.9 Å². The van der Waals surface area contributed by atoms with Crippen molar-refractivity contribution in [2.45, 2.75) is 32.9 Å². The molecule has 0 bridgehead atoms. The minimum Gasteiger partial charge on any atom is -0.449 e. The molecule has 0 aliphatic rings. The first-order valence-electron chi connectivity index (χ1n) is 5.87. The van der Waals surface area contributed by atoms with Crippen molar-refractivity contribution in [2.24, 2.45) is 0 Å². The lowest BCUT2D eigenvalue weighted by Crippen LogP contribution is -2.39. The van der Waals surface area contributed by atoms with Gasteiger partial charge in [0.25, 0.3) is 5.91 Å². The zero-order valence-electron chi connectivity index (χ0n) is 11.1. The summed E-state index contributed by atoms with van der Waals surface area (Å²) in [6.45, 7) is 5.19. The maximum Gasteiger partial charge on any atom is 0.339 e. The van der Waals surface area contributed by atoms with Gasteiger partial charge in [-0.05, 0) is 39.0 Å². The Bertz CT molecular complexity index is 469. The summed E-state index contributed by atoms with van der Waals surface area (Å²) in [5.74, 6) is -0.911. The first-order chi connectivity index (χ1) is 8.79. The third-order valence-corrected chi connectivity index (χ3v) is 2.70. The summed E-state index contributed by atoms with van der Waals surface area (Å²) in [5, 5.41) is 2.67. The third kappa shape index (κ3) is 4.90. The summed E-state index contributed by atoms with van der Waals surface area (Å²) in [6, 6.07) is 4.76. The van der Waals surface area contributed by atoms with E-state index in [1.165, 1.54) is 13.0 Å². The highest BCUT2D eigenvalue weighted by molar-refractivity contribution is 9.10. The predicted molar refractivity (Wildman–Crippen MR) is 76.7 cm³/mol. The van der Waals surface area contributed by atoms with Crippen LogP contribution in [0.3, 0.4) is 0 Å². The van der Waals surface area contributed by atoms with E-state index in [-0.39, 0.29) is 11.9 Å². The quantitative estimate of drug-likeness (QED) is 0.655. The maximum atomic E-state index is 11.9. The number of anilines is 1. The first kappa shape index (κ1) is 15.5. The molecule has 0 aliphatic carbocycles. The van der Waals surface area contributed by atoms with Crippen molar-refractivity contribution >= 4 is 33.5 Å². The van der Waals surface area contributed by atoms with E-state index in [4.69, 9.17) is 10.5 Å². The second kappa shape index (κ2) is 6.56. The number of nitrogens with one attached hydrogen (secondary N) is 1. The lowest BCUT2D eigenvalue weighted by Gasteiger charge is -2.15. The normalized spacial score (nSPS) is 12.1. The van der Waals surface area contributed by atoms with Crippen LogP contribution in [-0.2, 0) is 9.53 Å². The van der Waals surface area contributed by atoms with E-state index in [1.807, 2.05) is 13.8 Å². The van der Waals surface area contributed by atoms with Crippen LogP contribution in [0.15, 0.2) is 22.7 Å². The van der Waals surface area contributed by atoms with Crippen molar-refractivity contribution in [1.29, 1.82) is 0 Å². The molecule has 1 rings (SSSR count). The minimum absolute atomic E-state index is 0.00448. The fourth-order valence-corrected chi connectivity index (χ4v) is 1.93. The van der Waals surface area contributed by atoms with Gasteiger partial charge in [-0.3, -0.25) is 4.79 Å². The highest BCUT2D eigenvalue weighted by Gasteiger charge is 2.19. The smallest absolute Gasteiger partial charge is 0.339 e. The molecule has 0 aliphatic heterocycles. The Morgan fingerprint density at radius 2 is 1.89 bits per heavy atom. The molecule has 1 atom stereocenters. The van der Waals surface area contributed by atoms with Gasteiger partial charge < -0.3 is 15.8 Å². The van der Waals surface area contributed by atoms with Crippen LogP contribution < -0.4 is 11.1 Å². The molecule has 1 aromatic carbocycles. The van der Waals surface area contributed by atoms with E-state index in [0.717, 1.165) is 0 Å². The van der Waals surface area contributed by atoms with Crippen molar-refractivity contribution in [1.82, 2.24) is 5.32 Å². The number of benzene rings is 1. The molecule has 0 heterocycles. The number of carbonyl (C=O) groups is 2. The number of nitrogen functional groups attached to an aromatic ring is 1. The highest BCUT2D eigenvalue weighted by Crippen LogP contribution is 2.18. The van der Waals surface area contributed by atoms with Crippen molar-refractivity contribution in [3.8, 4) is 0 Å². The van der Waals surface area contributed by atoms with Gasteiger partial charge in [-0.15, -0.1) is 0 Å².